The molecular weight excluding hydrogens is 444 g/mol. The zero-order valence-corrected chi connectivity index (χ0v) is 17.9. The van der Waals surface area contributed by atoms with Crippen LogP contribution in [0.5, 0.6) is 34.5 Å². The van der Waals surface area contributed by atoms with E-state index in [1.807, 2.05) is 0 Å². The summed E-state index contributed by atoms with van der Waals surface area (Å²) in [5, 5.41) is 39.9. The number of hydrogen-bond acceptors (Lipinski definition) is 9. The van der Waals surface area contributed by atoms with Gasteiger partial charge in [-0.05, 0) is 36.4 Å². The number of aliphatic hydroxyl groups is 1. The molecular formula is C25H20O9. The van der Waals surface area contributed by atoms with Crippen LogP contribution in [0.2, 0.25) is 0 Å². The lowest BCUT2D eigenvalue weighted by Gasteiger charge is -2.33. The Labute approximate surface area is 192 Å². The number of ether oxygens (including phenoxy) is 3. The molecule has 1 aliphatic rings. The van der Waals surface area contributed by atoms with Gasteiger partial charge in [-0.3, -0.25) is 4.79 Å². The number of phenols is 3. The van der Waals surface area contributed by atoms with Gasteiger partial charge in [0.1, 0.15) is 22.6 Å². The molecule has 9 nitrogen and oxygen atoms in total. The van der Waals surface area contributed by atoms with Crippen LogP contribution in [-0.2, 0) is 0 Å². The zero-order chi connectivity index (χ0) is 24.0. The van der Waals surface area contributed by atoms with E-state index in [2.05, 4.69) is 0 Å². The lowest BCUT2D eigenvalue weighted by molar-refractivity contribution is -0.0119. The molecule has 0 fully saturated rings. The van der Waals surface area contributed by atoms with Gasteiger partial charge in [0.05, 0.1) is 13.7 Å². The lowest BCUT2D eigenvalue weighted by atomic mass is 10.0. The molecule has 0 radical (unpaired) electrons. The summed E-state index contributed by atoms with van der Waals surface area (Å²) < 4.78 is 23.2. The van der Waals surface area contributed by atoms with Crippen LogP contribution in [0, 0.1) is 0 Å². The van der Waals surface area contributed by atoms with Crippen LogP contribution in [0.15, 0.2) is 63.8 Å². The van der Waals surface area contributed by atoms with Gasteiger partial charge < -0.3 is 39.1 Å². The molecule has 0 saturated carbocycles. The SMILES string of the molecule is COc1cc([C@@H]2Oc3cc(O)c4c(=O)cc(-c5ccc(O)cc5)oc4c3O[C@H]2CO)ccc1O. The molecule has 9 heteroatoms. The fourth-order valence-electron chi connectivity index (χ4n) is 3.95. The van der Waals surface area contributed by atoms with Gasteiger partial charge in [-0.2, -0.15) is 0 Å². The van der Waals surface area contributed by atoms with Gasteiger partial charge in [0.15, 0.2) is 40.5 Å². The monoisotopic (exact) mass is 464 g/mol. The predicted octanol–water partition coefficient (Wildman–Crippen LogP) is 3.46. The Morgan fingerprint density at radius 2 is 1.71 bits per heavy atom. The number of aromatic hydroxyl groups is 3. The summed E-state index contributed by atoms with van der Waals surface area (Å²) in [6.07, 6.45) is -1.70. The first-order valence-electron chi connectivity index (χ1n) is 10.3. The summed E-state index contributed by atoms with van der Waals surface area (Å²) in [6, 6.07) is 13.2. The smallest absolute Gasteiger partial charge is 0.205 e. The first-order chi connectivity index (χ1) is 16.4. The average Bonchev–Trinajstić information content (AvgIpc) is 2.83. The van der Waals surface area contributed by atoms with Crippen LogP contribution in [0.3, 0.4) is 0 Å². The van der Waals surface area contributed by atoms with E-state index in [0.717, 1.165) is 0 Å². The van der Waals surface area contributed by atoms with Gasteiger partial charge in [-0.15, -0.1) is 0 Å². The molecule has 1 aliphatic heterocycles. The Balaban J connectivity index is 1.65. The van der Waals surface area contributed by atoms with Gasteiger partial charge in [-0.1, -0.05) is 6.07 Å². The minimum Gasteiger partial charge on any atom is -0.508 e. The fourth-order valence-corrected chi connectivity index (χ4v) is 3.95. The molecule has 3 aromatic carbocycles. The van der Waals surface area contributed by atoms with Crippen molar-refractivity contribution in [1.29, 1.82) is 0 Å². The summed E-state index contributed by atoms with van der Waals surface area (Å²) in [5.41, 5.74) is 0.543. The highest BCUT2D eigenvalue weighted by molar-refractivity contribution is 5.92. The predicted molar refractivity (Wildman–Crippen MR) is 121 cm³/mol. The van der Waals surface area contributed by atoms with Crippen molar-refractivity contribution in [2.45, 2.75) is 12.2 Å². The van der Waals surface area contributed by atoms with Gasteiger partial charge in [0, 0.05) is 23.3 Å². The van der Waals surface area contributed by atoms with Crippen molar-refractivity contribution in [2.24, 2.45) is 0 Å². The normalized spacial score (nSPS) is 17.0. The molecule has 1 aromatic heterocycles. The molecule has 5 rings (SSSR count). The minimum atomic E-state index is -0.892. The standard InChI is InChI=1S/C25H20O9/c1-31-19-8-13(4-7-15(19)28)23-21(11-26)34-24-20(33-23)10-17(30)22-16(29)9-18(32-25(22)24)12-2-5-14(27)6-3-12/h2-10,21,23,26-28,30H,11H2,1H3/t21-,23-/m0/s1. The molecule has 34 heavy (non-hydrogen) atoms. The van der Waals surface area contributed by atoms with Crippen molar-refractivity contribution in [3.63, 3.8) is 0 Å². The molecule has 4 N–H and O–H groups in total. The van der Waals surface area contributed by atoms with E-state index in [4.69, 9.17) is 18.6 Å². The van der Waals surface area contributed by atoms with E-state index in [1.165, 1.54) is 37.4 Å². The maximum Gasteiger partial charge on any atom is 0.205 e. The molecule has 2 heterocycles. The fraction of sp³-hybridized carbons (Fsp3) is 0.160. The summed E-state index contributed by atoms with van der Waals surface area (Å²) >= 11 is 0. The van der Waals surface area contributed by atoms with E-state index in [1.54, 1.807) is 24.3 Å². The van der Waals surface area contributed by atoms with Crippen molar-refractivity contribution in [2.75, 3.05) is 13.7 Å². The molecule has 0 bridgehead atoms. The third kappa shape index (κ3) is 3.52. The minimum absolute atomic E-state index is 0.0363. The van der Waals surface area contributed by atoms with Crippen molar-refractivity contribution in [1.82, 2.24) is 0 Å². The molecule has 0 spiro atoms. The Morgan fingerprint density at radius 3 is 2.41 bits per heavy atom. The molecule has 174 valence electrons. The number of methoxy groups -OCH3 is 1. The largest absolute Gasteiger partial charge is 0.508 e. The van der Waals surface area contributed by atoms with Crippen molar-refractivity contribution < 1.29 is 39.1 Å². The van der Waals surface area contributed by atoms with Crippen LogP contribution in [-0.4, -0.2) is 40.2 Å². The lowest BCUT2D eigenvalue weighted by Crippen LogP contribution is -2.36. The van der Waals surface area contributed by atoms with Gasteiger partial charge >= 0.3 is 0 Å². The highest BCUT2D eigenvalue weighted by Crippen LogP contribution is 2.47. The second-order valence-corrected chi connectivity index (χ2v) is 7.76. The summed E-state index contributed by atoms with van der Waals surface area (Å²) in [4.78, 5) is 12.8. The first kappa shape index (κ1) is 21.5. The van der Waals surface area contributed by atoms with E-state index >= 15 is 0 Å². The van der Waals surface area contributed by atoms with Gasteiger partial charge in [0.2, 0.25) is 5.75 Å². The van der Waals surface area contributed by atoms with E-state index in [9.17, 15) is 25.2 Å². The van der Waals surface area contributed by atoms with Crippen molar-refractivity contribution in [3.05, 3.63) is 70.4 Å². The maximum absolute atomic E-state index is 12.8. The van der Waals surface area contributed by atoms with Crippen molar-refractivity contribution in [3.8, 4) is 45.8 Å². The van der Waals surface area contributed by atoms with E-state index in [-0.39, 0.29) is 51.2 Å². The summed E-state index contributed by atoms with van der Waals surface area (Å²) in [7, 11) is 1.41. The Bertz CT molecular complexity index is 1440. The summed E-state index contributed by atoms with van der Waals surface area (Å²) in [5.74, 6) is 0.226. The molecule has 0 aliphatic carbocycles. The third-order valence-corrected chi connectivity index (χ3v) is 5.63. The highest BCUT2D eigenvalue weighted by atomic mass is 16.6. The van der Waals surface area contributed by atoms with Crippen LogP contribution in [0.25, 0.3) is 22.3 Å². The summed E-state index contributed by atoms with van der Waals surface area (Å²) in [6.45, 7) is -0.433. The number of phenolic OH excluding ortho intramolecular Hbond substituents is 3. The Kier molecular flexibility index (Phi) is 5.18. The number of hydrogen-bond donors (Lipinski definition) is 4. The van der Waals surface area contributed by atoms with Crippen LogP contribution >= 0.6 is 0 Å². The van der Waals surface area contributed by atoms with Gasteiger partial charge in [0.25, 0.3) is 0 Å². The van der Waals surface area contributed by atoms with Gasteiger partial charge in [-0.25, -0.2) is 0 Å². The Hall–Kier alpha value is -4.37. The second-order valence-electron chi connectivity index (χ2n) is 7.76. The number of fused-ring (bicyclic) bond motifs is 3. The first-order valence-corrected chi connectivity index (χ1v) is 10.3. The number of benzene rings is 3. The molecule has 0 amide bonds. The second kappa shape index (κ2) is 8.20. The maximum atomic E-state index is 12.8. The number of aliphatic hydroxyl groups excluding tert-OH is 1. The Morgan fingerprint density at radius 1 is 0.941 bits per heavy atom. The molecule has 0 saturated heterocycles. The third-order valence-electron chi connectivity index (χ3n) is 5.63. The average molecular weight is 464 g/mol. The quantitative estimate of drug-likeness (QED) is 0.358. The molecule has 0 unspecified atom stereocenters. The molecule has 4 aromatic rings. The highest BCUT2D eigenvalue weighted by Gasteiger charge is 2.36. The van der Waals surface area contributed by atoms with Crippen LogP contribution < -0.4 is 19.6 Å². The topological polar surface area (TPSA) is 139 Å². The number of rotatable bonds is 4. The van der Waals surface area contributed by atoms with Crippen LogP contribution in [0.4, 0.5) is 0 Å². The van der Waals surface area contributed by atoms with E-state index < -0.39 is 24.2 Å². The zero-order valence-electron chi connectivity index (χ0n) is 17.9. The molecule has 2 atom stereocenters. The van der Waals surface area contributed by atoms with Crippen LogP contribution in [0.1, 0.15) is 11.7 Å². The van der Waals surface area contributed by atoms with E-state index in [0.29, 0.717) is 11.1 Å². The van der Waals surface area contributed by atoms with Crippen molar-refractivity contribution >= 4 is 11.0 Å².